The van der Waals surface area contributed by atoms with Gasteiger partial charge in [-0.2, -0.15) is 0 Å². The maximum absolute atomic E-state index is 15.3. The van der Waals surface area contributed by atoms with Gasteiger partial charge >= 0.3 is 0 Å². The first-order chi connectivity index (χ1) is 20.4. The summed E-state index contributed by atoms with van der Waals surface area (Å²) >= 11 is 0. The van der Waals surface area contributed by atoms with Gasteiger partial charge in [-0.25, -0.2) is 22.2 Å². The number of amides is 1. The van der Waals surface area contributed by atoms with Crippen molar-refractivity contribution in [3.8, 4) is 33.8 Å². The highest BCUT2D eigenvalue weighted by Gasteiger charge is 2.26. The van der Waals surface area contributed by atoms with E-state index >= 15 is 4.39 Å². The number of nitrogens with zero attached hydrogens (tertiary/aromatic N) is 2. The molecular formula is C32H26F2N4O4S. The lowest BCUT2D eigenvalue weighted by Gasteiger charge is -2.21. The molecule has 0 aliphatic carbocycles. The first-order valence-electron chi connectivity index (χ1n) is 13.2. The van der Waals surface area contributed by atoms with E-state index < -0.39 is 27.6 Å². The van der Waals surface area contributed by atoms with Crippen molar-refractivity contribution in [1.29, 1.82) is 0 Å². The van der Waals surface area contributed by atoms with Crippen LogP contribution in [0.3, 0.4) is 0 Å². The smallest absolute Gasteiger partial charge is 0.255 e. The van der Waals surface area contributed by atoms with Crippen molar-refractivity contribution in [1.82, 2.24) is 15.3 Å². The number of anilines is 1. The third-order valence-electron chi connectivity index (χ3n) is 7.37. The third kappa shape index (κ3) is 5.01. The number of carbonyl (C=O) groups is 1. The summed E-state index contributed by atoms with van der Waals surface area (Å²) in [6, 6.07) is 18.7. The van der Waals surface area contributed by atoms with Gasteiger partial charge in [0.25, 0.3) is 5.91 Å². The SMILES string of the molecule is CNC(=O)c1c(-c2ccc(F)cc2)oc2cc(N(C)S(C)(=O)=O)c(-c3ccc(F)c(-c4nc5ccc(C)cc5[nH]4)c3)cc12. The lowest BCUT2D eigenvalue weighted by atomic mass is 9.97. The number of carbonyl (C=O) groups excluding carboxylic acids is 1. The van der Waals surface area contributed by atoms with Gasteiger partial charge in [0.2, 0.25) is 10.0 Å². The number of sulfonamides is 1. The zero-order valence-electron chi connectivity index (χ0n) is 23.6. The van der Waals surface area contributed by atoms with Crippen molar-refractivity contribution < 1.29 is 26.4 Å². The van der Waals surface area contributed by atoms with Crippen molar-refractivity contribution in [2.45, 2.75) is 6.92 Å². The van der Waals surface area contributed by atoms with Crippen molar-refractivity contribution in [3.05, 3.63) is 95.6 Å². The fourth-order valence-corrected chi connectivity index (χ4v) is 5.59. The van der Waals surface area contributed by atoms with Crippen molar-refractivity contribution in [2.75, 3.05) is 24.7 Å². The standard InChI is InChI=1S/C32H26F2N4O4S/c1-17-5-12-25-26(13-17)37-31(36-25)22-14-19(8-11-24(22)34)21-15-23-28(16-27(21)38(3)43(4,40)41)42-30(29(23)32(39)35-2)18-6-9-20(33)10-7-18/h5-16H,1-4H3,(H,35,39)(H,36,37). The van der Waals surface area contributed by atoms with E-state index in [1.807, 2.05) is 25.1 Å². The molecule has 0 unspecified atom stereocenters. The lowest BCUT2D eigenvalue weighted by Crippen LogP contribution is -2.25. The van der Waals surface area contributed by atoms with E-state index in [9.17, 15) is 17.6 Å². The fraction of sp³-hybridized carbons (Fsp3) is 0.125. The predicted molar refractivity (Wildman–Crippen MR) is 163 cm³/mol. The quantitative estimate of drug-likeness (QED) is 0.223. The number of aromatic nitrogens is 2. The lowest BCUT2D eigenvalue weighted by molar-refractivity contribution is 0.0964. The number of H-pyrrole nitrogens is 1. The Morgan fingerprint density at radius 2 is 1.67 bits per heavy atom. The normalized spacial score (nSPS) is 11.8. The van der Waals surface area contributed by atoms with E-state index in [4.69, 9.17) is 4.42 Å². The number of furan rings is 1. The maximum atomic E-state index is 15.3. The van der Waals surface area contributed by atoms with Gasteiger partial charge in [-0.15, -0.1) is 0 Å². The number of nitrogens with one attached hydrogen (secondary N) is 2. The van der Waals surface area contributed by atoms with Crippen molar-refractivity contribution >= 4 is 43.6 Å². The minimum absolute atomic E-state index is 0.185. The number of aromatic amines is 1. The van der Waals surface area contributed by atoms with Crippen LogP contribution in [0.4, 0.5) is 14.5 Å². The topological polar surface area (TPSA) is 108 Å². The molecule has 0 radical (unpaired) electrons. The third-order valence-corrected chi connectivity index (χ3v) is 8.57. The Kier molecular flexibility index (Phi) is 6.77. The zero-order chi connectivity index (χ0) is 30.6. The fourth-order valence-electron chi connectivity index (χ4n) is 5.08. The minimum atomic E-state index is -3.75. The number of rotatable bonds is 6. The molecule has 43 heavy (non-hydrogen) atoms. The summed E-state index contributed by atoms with van der Waals surface area (Å²) in [7, 11) is -0.876. The van der Waals surface area contributed by atoms with Gasteiger partial charge in [0.05, 0.1) is 34.1 Å². The first kappa shape index (κ1) is 28.1. The van der Waals surface area contributed by atoms with Gasteiger partial charge in [0.15, 0.2) is 0 Å². The molecule has 0 aliphatic rings. The van der Waals surface area contributed by atoms with Gasteiger partial charge in [0.1, 0.15) is 28.8 Å². The van der Waals surface area contributed by atoms with Crippen LogP contribution in [-0.4, -0.2) is 44.6 Å². The molecule has 4 aromatic carbocycles. The van der Waals surface area contributed by atoms with Crippen LogP contribution in [-0.2, 0) is 10.0 Å². The molecule has 6 rings (SSSR count). The molecule has 0 aliphatic heterocycles. The molecule has 1 amide bonds. The van der Waals surface area contributed by atoms with Crippen molar-refractivity contribution in [2.24, 2.45) is 0 Å². The Balaban J connectivity index is 1.62. The number of imidazole rings is 1. The molecule has 6 aromatic rings. The Labute approximate surface area is 246 Å². The second kappa shape index (κ2) is 10.4. The molecule has 0 atom stereocenters. The number of hydrogen-bond acceptors (Lipinski definition) is 5. The van der Waals surface area contributed by atoms with E-state index in [-0.39, 0.29) is 28.2 Å². The number of hydrogen-bond donors (Lipinski definition) is 2. The monoisotopic (exact) mass is 600 g/mol. The average molecular weight is 601 g/mol. The molecule has 0 fully saturated rings. The molecule has 2 aromatic heterocycles. The summed E-state index contributed by atoms with van der Waals surface area (Å²) in [5.74, 6) is -0.923. The summed E-state index contributed by atoms with van der Waals surface area (Å²) in [6.45, 7) is 1.95. The van der Waals surface area contributed by atoms with Gasteiger partial charge in [-0.3, -0.25) is 9.10 Å². The Hall–Kier alpha value is -5.03. The van der Waals surface area contributed by atoms with Crippen LogP contribution in [0, 0.1) is 18.6 Å². The zero-order valence-corrected chi connectivity index (χ0v) is 24.4. The molecule has 11 heteroatoms. The molecular weight excluding hydrogens is 574 g/mol. The molecule has 0 saturated heterocycles. The van der Waals surface area contributed by atoms with Crippen LogP contribution >= 0.6 is 0 Å². The van der Waals surface area contributed by atoms with Crippen LogP contribution in [0.5, 0.6) is 0 Å². The van der Waals surface area contributed by atoms with Crippen LogP contribution in [0.25, 0.3) is 55.8 Å². The van der Waals surface area contributed by atoms with Gasteiger partial charge in [-0.05, 0) is 72.6 Å². The molecule has 8 nitrogen and oxygen atoms in total. The maximum Gasteiger partial charge on any atom is 0.255 e. The number of aryl methyl sites for hydroxylation is 1. The van der Waals surface area contributed by atoms with Crippen molar-refractivity contribution in [3.63, 3.8) is 0 Å². The van der Waals surface area contributed by atoms with Gasteiger partial charge < -0.3 is 14.7 Å². The largest absolute Gasteiger partial charge is 0.455 e. The molecule has 2 heterocycles. The number of halogens is 2. The first-order valence-corrected chi connectivity index (χ1v) is 15.1. The minimum Gasteiger partial charge on any atom is -0.455 e. The van der Waals surface area contributed by atoms with E-state index in [0.717, 1.165) is 21.6 Å². The summed E-state index contributed by atoms with van der Waals surface area (Å²) in [5, 5.41) is 3.01. The summed E-state index contributed by atoms with van der Waals surface area (Å²) in [5.41, 5.74) is 4.65. The van der Waals surface area contributed by atoms with Gasteiger partial charge in [-0.1, -0.05) is 12.1 Å². The van der Waals surface area contributed by atoms with E-state index in [2.05, 4.69) is 15.3 Å². The number of fused-ring (bicyclic) bond motifs is 2. The average Bonchev–Trinajstić information content (AvgIpc) is 3.56. The Morgan fingerprint density at radius 3 is 2.37 bits per heavy atom. The van der Waals surface area contributed by atoms with E-state index in [1.54, 1.807) is 12.1 Å². The van der Waals surface area contributed by atoms with E-state index in [1.165, 1.54) is 56.6 Å². The van der Waals surface area contributed by atoms with E-state index in [0.29, 0.717) is 33.4 Å². The summed E-state index contributed by atoms with van der Waals surface area (Å²) in [6.07, 6.45) is 1.06. The molecule has 0 saturated carbocycles. The summed E-state index contributed by atoms with van der Waals surface area (Å²) in [4.78, 5) is 20.9. The van der Waals surface area contributed by atoms with Crippen LogP contribution < -0.4 is 9.62 Å². The highest BCUT2D eigenvalue weighted by molar-refractivity contribution is 7.92. The molecule has 2 N–H and O–H groups in total. The highest BCUT2D eigenvalue weighted by atomic mass is 32.2. The molecule has 0 bridgehead atoms. The van der Waals surface area contributed by atoms with Crippen LogP contribution in [0.1, 0.15) is 15.9 Å². The second-order valence-corrected chi connectivity index (χ2v) is 12.3. The molecule has 218 valence electrons. The highest BCUT2D eigenvalue weighted by Crippen LogP contribution is 2.42. The Bertz CT molecular complexity index is 2170. The van der Waals surface area contributed by atoms with Crippen LogP contribution in [0.15, 0.2) is 77.2 Å². The van der Waals surface area contributed by atoms with Gasteiger partial charge in [0, 0.05) is 36.7 Å². The predicted octanol–water partition coefficient (Wildman–Crippen LogP) is 6.65. The second-order valence-electron chi connectivity index (χ2n) is 10.3. The summed E-state index contributed by atoms with van der Waals surface area (Å²) < 4.78 is 61.6. The Morgan fingerprint density at radius 1 is 0.953 bits per heavy atom. The number of benzene rings is 4. The van der Waals surface area contributed by atoms with Crippen LogP contribution in [0.2, 0.25) is 0 Å². The molecule has 0 spiro atoms.